The maximum Gasteiger partial charge on any atom is 0.274 e. The minimum absolute atomic E-state index is 0.00363. The van der Waals surface area contributed by atoms with Crippen molar-refractivity contribution in [2.75, 3.05) is 13.6 Å². The van der Waals surface area contributed by atoms with E-state index < -0.39 is 0 Å². The van der Waals surface area contributed by atoms with E-state index >= 15 is 0 Å². The average Bonchev–Trinajstić information content (AvgIpc) is 3.35. The van der Waals surface area contributed by atoms with Crippen LogP contribution in [0.1, 0.15) is 39.8 Å². The van der Waals surface area contributed by atoms with Crippen LogP contribution in [0.5, 0.6) is 0 Å². The third kappa shape index (κ3) is 3.73. The largest absolute Gasteiger partial charge is 0.350 e. The normalized spacial score (nSPS) is 11.2. The monoisotopic (exact) mass is 402 g/mol. The van der Waals surface area contributed by atoms with E-state index in [1.54, 1.807) is 11.9 Å². The molecule has 4 rings (SSSR count). The van der Waals surface area contributed by atoms with Gasteiger partial charge in [-0.3, -0.25) is 4.79 Å². The zero-order chi connectivity index (χ0) is 21.3. The van der Waals surface area contributed by atoms with Crippen molar-refractivity contribution >= 4 is 16.8 Å². The van der Waals surface area contributed by atoms with Gasteiger partial charge in [0.2, 0.25) is 0 Å². The number of rotatable bonds is 6. The van der Waals surface area contributed by atoms with Crippen LogP contribution in [0.4, 0.5) is 0 Å². The molecule has 0 spiro atoms. The van der Waals surface area contributed by atoms with Crippen LogP contribution in [0.25, 0.3) is 22.5 Å². The molecule has 0 bridgehead atoms. The predicted molar refractivity (Wildman–Crippen MR) is 118 cm³/mol. The van der Waals surface area contributed by atoms with E-state index in [9.17, 15) is 4.79 Å². The summed E-state index contributed by atoms with van der Waals surface area (Å²) in [6.07, 6.45) is 1.39. The summed E-state index contributed by atoms with van der Waals surface area (Å²) in [4.78, 5) is 22.4. The fourth-order valence-electron chi connectivity index (χ4n) is 3.76. The van der Waals surface area contributed by atoms with Gasteiger partial charge < -0.3 is 14.4 Å². The summed E-state index contributed by atoms with van der Waals surface area (Å²) in [7, 11) is 1.80. The molecule has 0 saturated carbocycles. The summed E-state index contributed by atoms with van der Waals surface area (Å²) >= 11 is 0. The number of fused-ring (bicyclic) bond motifs is 1. The van der Waals surface area contributed by atoms with Crippen molar-refractivity contribution in [3.63, 3.8) is 0 Å². The number of hydrogen-bond donors (Lipinski definition) is 1. The van der Waals surface area contributed by atoms with E-state index in [2.05, 4.69) is 47.2 Å². The second kappa shape index (κ2) is 8.14. The van der Waals surface area contributed by atoms with Crippen LogP contribution in [-0.2, 0) is 12.8 Å². The van der Waals surface area contributed by atoms with E-state index in [0.29, 0.717) is 24.7 Å². The van der Waals surface area contributed by atoms with Crippen molar-refractivity contribution in [2.24, 2.45) is 0 Å². The molecule has 6 nitrogen and oxygen atoms in total. The van der Waals surface area contributed by atoms with Gasteiger partial charge >= 0.3 is 0 Å². The number of nitrogens with one attached hydrogen (secondary N) is 1. The van der Waals surface area contributed by atoms with Crippen molar-refractivity contribution in [1.29, 1.82) is 0 Å². The minimum Gasteiger partial charge on any atom is -0.350 e. The number of nitrogens with zero attached hydrogens (tertiary/aromatic N) is 3. The second-order valence-electron chi connectivity index (χ2n) is 7.69. The number of carbonyl (C=O) groups excluding carboxylic acids is 1. The Morgan fingerprint density at radius 3 is 2.73 bits per heavy atom. The fraction of sp³-hybridized carbons (Fsp3) is 0.292. The summed E-state index contributed by atoms with van der Waals surface area (Å²) in [5.74, 6) is 1.07. The quantitative estimate of drug-likeness (QED) is 0.507. The van der Waals surface area contributed by atoms with Crippen molar-refractivity contribution in [3.8, 4) is 11.6 Å². The second-order valence-corrected chi connectivity index (χ2v) is 7.69. The summed E-state index contributed by atoms with van der Waals surface area (Å²) in [6.45, 7) is 6.67. The molecule has 2 aromatic carbocycles. The Hall–Kier alpha value is -3.41. The number of aromatic amines is 1. The highest BCUT2D eigenvalue weighted by Gasteiger charge is 2.19. The molecule has 2 aromatic heterocycles. The van der Waals surface area contributed by atoms with Crippen molar-refractivity contribution < 1.29 is 9.32 Å². The van der Waals surface area contributed by atoms with Gasteiger partial charge in [0.05, 0.1) is 0 Å². The van der Waals surface area contributed by atoms with Gasteiger partial charge in [-0.15, -0.1) is 0 Å². The number of aryl methyl sites for hydroxylation is 3. The lowest BCUT2D eigenvalue weighted by Gasteiger charge is -2.17. The first kappa shape index (κ1) is 19.9. The Kier molecular flexibility index (Phi) is 5.40. The standard InChI is InChI=1S/C24H26N4O2/c1-5-17-19-14-15(2)10-11-20(19)25-22(17)23-26-21(27-30-23)12-13-28(4)24(29)18-9-7-6-8-16(18)3/h6-11,14,25H,5,12-13H2,1-4H3. The highest BCUT2D eigenvalue weighted by Crippen LogP contribution is 2.30. The van der Waals surface area contributed by atoms with Crippen molar-refractivity contribution in [2.45, 2.75) is 33.6 Å². The molecule has 0 saturated heterocycles. The van der Waals surface area contributed by atoms with Crippen LogP contribution in [0.3, 0.4) is 0 Å². The fourth-order valence-corrected chi connectivity index (χ4v) is 3.76. The van der Waals surface area contributed by atoms with Gasteiger partial charge in [0.25, 0.3) is 11.8 Å². The highest BCUT2D eigenvalue weighted by molar-refractivity contribution is 5.95. The molecule has 1 N–H and O–H groups in total. The number of amides is 1. The zero-order valence-electron chi connectivity index (χ0n) is 17.8. The molecule has 2 heterocycles. The van der Waals surface area contributed by atoms with E-state index in [1.165, 1.54) is 16.5 Å². The molecule has 0 aliphatic carbocycles. The maximum atomic E-state index is 12.7. The van der Waals surface area contributed by atoms with Crippen molar-refractivity contribution in [3.05, 3.63) is 70.5 Å². The van der Waals surface area contributed by atoms with Crippen LogP contribution in [-0.4, -0.2) is 39.5 Å². The van der Waals surface area contributed by atoms with E-state index in [1.807, 2.05) is 31.2 Å². The molecule has 0 radical (unpaired) electrons. The summed E-state index contributed by atoms with van der Waals surface area (Å²) in [5, 5.41) is 5.32. The maximum absolute atomic E-state index is 12.7. The third-order valence-electron chi connectivity index (χ3n) is 5.49. The van der Waals surface area contributed by atoms with Crippen LogP contribution in [0.2, 0.25) is 0 Å². The SMILES string of the molecule is CCc1c(-c2nc(CCN(C)C(=O)c3ccccc3C)no2)[nH]c2ccc(C)cc12. The Morgan fingerprint density at radius 1 is 1.17 bits per heavy atom. The van der Waals surface area contributed by atoms with Crippen LogP contribution in [0.15, 0.2) is 47.0 Å². The summed E-state index contributed by atoms with van der Waals surface area (Å²) < 4.78 is 5.55. The Balaban J connectivity index is 1.50. The number of benzene rings is 2. The third-order valence-corrected chi connectivity index (χ3v) is 5.49. The minimum atomic E-state index is -0.00363. The van der Waals surface area contributed by atoms with E-state index in [0.717, 1.165) is 28.8 Å². The first-order valence-electron chi connectivity index (χ1n) is 10.2. The molecule has 0 unspecified atom stereocenters. The van der Waals surface area contributed by atoms with Gasteiger partial charge in [-0.2, -0.15) is 4.98 Å². The average molecular weight is 402 g/mol. The molecule has 0 fully saturated rings. The Morgan fingerprint density at radius 2 is 1.97 bits per heavy atom. The van der Waals surface area contributed by atoms with Crippen molar-refractivity contribution in [1.82, 2.24) is 20.0 Å². The molecular formula is C24H26N4O2. The van der Waals surface area contributed by atoms with E-state index in [-0.39, 0.29) is 5.91 Å². The van der Waals surface area contributed by atoms with E-state index in [4.69, 9.17) is 4.52 Å². The van der Waals surface area contributed by atoms with Gasteiger partial charge in [-0.25, -0.2) is 0 Å². The topological polar surface area (TPSA) is 75.0 Å². The molecule has 6 heteroatoms. The molecular weight excluding hydrogens is 376 g/mol. The van der Waals surface area contributed by atoms with Crippen LogP contribution < -0.4 is 0 Å². The molecule has 0 aliphatic rings. The zero-order valence-corrected chi connectivity index (χ0v) is 17.8. The lowest BCUT2D eigenvalue weighted by molar-refractivity contribution is 0.0795. The predicted octanol–water partition coefficient (Wildman–Crippen LogP) is 4.71. The summed E-state index contributed by atoms with van der Waals surface area (Å²) in [5.41, 5.74) is 6.02. The van der Waals surface area contributed by atoms with Gasteiger partial charge in [-0.1, -0.05) is 41.9 Å². The number of carbonyl (C=O) groups is 1. The first-order valence-corrected chi connectivity index (χ1v) is 10.2. The van der Waals surface area contributed by atoms with Crippen LogP contribution >= 0.6 is 0 Å². The molecule has 0 aliphatic heterocycles. The highest BCUT2D eigenvalue weighted by atomic mass is 16.5. The Bertz CT molecular complexity index is 1210. The smallest absolute Gasteiger partial charge is 0.274 e. The number of hydrogen-bond acceptors (Lipinski definition) is 4. The molecule has 30 heavy (non-hydrogen) atoms. The number of aromatic nitrogens is 3. The Labute approximate surface area is 175 Å². The molecule has 0 atom stereocenters. The first-order chi connectivity index (χ1) is 14.5. The van der Waals surface area contributed by atoms with Gasteiger partial charge in [0.15, 0.2) is 5.82 Å². The lowest BCUT2D eigenvalue weighted by Crippen LogP contribution is -2.29. The summed E-state index contributed by atoms with van der Waals surface area (Å²) in [6, 6.07) is 14.0. The molecule has 154 valence electrons. The molecule has 4 aromatic rings. The van der Waals surface area contributed by atoms with Gasteiger partial charge in [0.1, 0.15) is 5.69 Å². The molecule has 1 amide bonds. The van der Waals surface area contributed by atoms with Gasteiger partial charge in [-0.05, 0) is 49.6 Å². The van der Waals surface area contributed by atoms with Crippen LogP contribution in [0, 0.1) is 13.8 Å². The van der Waals surface area contributed by atoms with Gasteiger partial charge in [0, 0.05) is 36.5 Å². The number of H-pyrrole nitrogens is 1. The lowest BCUT2D eigenvalue weighted by atomic mass is 10.1. The number of likely N-dealkylation sites (N-methyl/N-ethyl adjacent to an activating group) is 1.